The molecule has 0 fully saturated rings. The third-order valence-electron chi connectivity index (χ3n) is 2.86. The first-order chi connectivity index (χ1) is 10.7. The van der Waals surface area contributed by atoms with E-state index in [9.17, 15) is 13.6 Å². The van der Waals surface area contributed by atoms with Crippen LogP contribution in [0.4, 0.5) is 13.6 Å². The molecule has 0 aromatic carbocycles. The number of imidazole rings is 1. The first-order valence-electron chi connectivity index (χ1n) is 7.00. The molecule has 126 valence electrons. The minimum atomic E-state index is -2.68. The van der Waals surface area contributed by atoms with E-state index in [1.165, 1.54) is 16.8 Å². The van der Waals surface area contributed by atoms with Gasteiger partial charge >= 0.3 is 6.09 Å². The van der Waals surface area contributed by atoms with Crippen LogP contribution < -0.4 is 11.1 Å². The Balaban J connectivity index is 2.07. The van der Waals surface area contributed by atoms with E-state index < -0.39 is 24.2 Å². The Labute approximate surface area is 131 Å². The van der Waals surface area contributed by atoms with Crippen molar-refractivity contribution in [3.63, 3.8) is 0 Å². The fraction of sp³-hybridized carbons (Fsp3) is 0.500. The molecule has 3 N–H and O–H groups in total. The fourth-order valence-electron chi connectivity index (χ4n) is 1.83. The summed E-state index contributed by atoms with van der Waals surface area (Å²) in [4.78, 5) is 15.8. The van der Waals surface area contributed by atoms with Crippen LogP contribution in [0, 0.1) is 0 Å². The SMILES string of the molecule is CC(C)(C)OC(=O)NCc1cn2ncc(C(N)C(F)F)cc2n1. The van der Waals surface area contributed by atoms with Crippen molar-refractivity contribution in [1.29, 1.82) is 0 Å². The van der Waals surface area contributed by atoms with E-state index in [2.05, 4.69) is 15.4 Å². The van der Waals surface area contributed by atoms with Crippen LogP contribution in [-0.2, 0) is 11.3 Å². The zero-order chi connectivity index (χ0) is 17.2. The summed E-state index contributed by atoms with van der Waals surface area (Å²) in [6.45, 7) is 5.41. The maximum Gasteiger partial charge on any atom is 0.407 e. The quantitative estimate of drug-likeness (QED) is 0.896. The van der Waals surface area contributed by atoms with Crippen molar-refractivity contribution in [1.82, 2.24) is 19.9 Å². The highest BCUT2D eigenvalue weighted by molar-refractivity contribution is 5.67. The van der Waals surface area contributed by atoms with Gasteiger partial charge in [0.15, 0.2) is 5.65 Å². The summed E-state index contributed by atoms with van der Waals surface area (Å²) < 4.78 is 31.8. The van der Waals surface area contributed by atoms with E-state index in [1.807, 2.05) is 0 Å². The standard InChI is InChI=1S/C14H19F2N5O2/c1-14(2,3)23-13(22)18-6-9-7-21-10(20-9)4-8(5-19-21)11(17)12(15)16/h4-5,7,11-12H,6,17H2,1-3H3,(H,18,22). The summed E-state index contributed by atoms with van der Waals surface area (Å²) in [5, 5.41) is 6.55. The summed E-state index contributed by atoms with van der Waals surface area (Å²) in [7, 11) is 0. The third kappa shape index (κ3) is 4.59. The molecule has 2 aromatic heterocycles. The number of alkyl halides is 2. The van der Waals surface area contributed by atoms with Crippen molar-refractivity contribution in [2.75, 3.05) is 0 Å². The molecule has 0 spiro atoms. The van der Waals surface area contributed by atoms with Gasteiger partial charge in [0.25, 0.3) is 6.43 Å². The second-order valence-corrected chi connectivity index (χ2v) is 6.04. The molecule has 2 heterocycles. The molecule has 2 rings (SSSR count). The first kappa shape index (κ1) is 17.1. The van der Waals surface area contributed by atoms with Gasteiger partial charge in [-0.1, -0.05) is 0 Å². The Bertz CT molecular complexity index is 696. The van der Waals surface area contributed by atoms with Crippen LogP contribution in [0.2, 0.25) is 0 Å². The number of nitrogens with one attached hydrogen (secondary N) is 1. The number of hydrogen-bond acceptors (Lipinski definition) is 5. The van der Waals surface area contributed by atoms with Gasteiger partial charge in [0.1, 0.15) is 5.60 Å². The average molecular weight is 327 g/mol. The average Bonchev–Trinajstić information content (AvgIpc) is 2.84. The van der Waals surface area contributed by atoms with Gasteiger partial charge in [-0.15, -0.1) is 0 Å². The molecule has 9 heteroatoms. The molecule has 1 atom stereocenters. The van der Waals surface area contributed by atoms with Crippen molar-refractivity contribution in [2.24, 2.45) is 5.73 Å². The first-order valence-corrected chi connectivity index (χ1v) is 7.00. The Morgan fingerprint density at radius 3 is 2.78 bits per heavy atom. The molecule has 0 aliphatic rings. The van der Waals surface area contributed by atoms with Crippen molar-refractivity contribution >= 4 is 11.7 Å². The smallest absolute Gasteiger partial charge is 0.407 e. The Kier molecular flexibility index (Phi) is 4.79. The second-order valence-electron chi connectivity index (χ2n) is 6.04. The van der Waals surface area contributed by atoms with Crippen molar-refractivity contribution in [3.05, 3.63) is 29.7 Å². The molecule has 0 aliphatic heterocycles. The van der Waals surface area contributed by atoms with Crippen molar-refractivity contribution in [2.45, 2.75) is 45.4 Å². The van der Waals surface area contributed by atoms with E-state index in [0.717, 1.165) is 0 Å². The molecule has 0 saturated heterocycles. The number of fused-ring (bicyclic) bond motifs is 1. The van der Waals surface area contributed by atoms with Crippen LogP contribution in [0.15, 0.2) is 18.5 Å². The van der Waals surface area contributed by atoms with Gasteiger partial charge < -0.3 is 15.8 Å². The predicted octanol–water partition coefficient (Wildman–Crippen LogP) is 2.02. The maximum absolute atomic E-state index is 12.6. The molecule has 7 nitrogen and oxygen atoms in total. The molecule has 2 aromatic rings. The number of carbonyl (C=O) groups is 1. The maximum atomic E-state index is 12.6. The lowest BCUT2D eigenvalue weighted by Gasteiger charge is -2.19. The Morgan fingerprint density at radius 1 is 1.48 bits per heavy atom. The van der Waals surface area contributed by atoms with Crippen molar-refractivity contribution in [3.8, 4) is 0 Å². The van der Waals surface area contributed by atoms with Crippen LogP contribution in [0.1, 0.15) is 38.1 Å². The zero-order valence-electron chi connectivity index (χ0n) is 13.1. The molecule has 0 aliphatic carbocycles. The van der Waals surface area contributed by atoms with E-state index in [-0.39, 0.29) is 12.1 Å². The van der Waals surface area contributed by atoms with Gasteiger partial charge in [0.2, 0.25) is 0 Å². The van der Waals surface area contributed by atoms with Crippen LogP contribution in [-0.4, -0.2) is 32.7 Å². The number of aromatic nitrogens is 3. The number of alkyl carbamates (subject to hydrolysis) is 1. The summed E-state index contributed by atoms with van der Waals surface area (Å²) in [6.07, 6.45) is -0.383. The minimum absolute atomic E-state index is 0.133. The van der Waals surface area contributed by atoms with Gasteiger partial charge in [0.05, 0.1) is 30.7 Å². The number of nitrogens with zero attached hydrogens (tertiary/aromatic N) is 3. The van der Waals surface area contributed by atoms with E-state index >= 15 is 0 Å². The molecule has 0 bridgehead atoms. The lowest BCUT2D eigenvalue weighted by Crippen LogP contribution is -2.32. The highest BCUT2D eigenvalue weighted by Crippen LogP contribution is 2.18. The Morgan fingerprint density at radius 2 is 2.17 bits per heavy atom. The van der Waals surface area contributed by atoms with E-state index in [4.69, 9.17) is 10.5 Å². The highest BCUT2D eigenvalue weighted by Gasteiger charge is 2.19. The molecule has 1 unspecified atom stereocenters. The molecule has 1 amide bonds. The number of halogens is 2. The summed E-state index contributed by atoms with van der Waals surface area (Å²) in [6, 6.07) is 0.0356. The van der Waals surface area contributed by atoms with Crippen LogP contribution in [0.25, 0.3) is 5.65 Å². The third-order valence-corrected chi connectivity index (χ3v) is 2.86. The lowest BCUT2D eigenvalue weighted by molar-refractivity contribution is 0.0523. The number of rotatable bonds is 4. The normalized spacial score (nSPS) is 13.3. The van der Waals surface area contributed by atoms with Gasteiger partial charge in [-0.3, -0.25) is 0 Å². The number of hydrogen-bond donors (Lipinski definition) is 2. The number of nitrogens with two attached hydrogens (primary N) is 1. The predicted molar refractivity (Wildman–Crippen MR) is 79.0 cm³/mol. The number of carbonyl (C=O) groups excluding carboxylic acids is 1. The van der Waals surface area contributed by atoms with Crippen LogP contribution in [0.5, 0.6) is 0 Å². The van der Waals surface area contributed by atoms with Crippen molar-refractivity contribution < 1.29 is 18.3 Å². The van der Waals surface area contributed by atoms with Gasteiger partial charge in [-0.2, -0.15) is 5.10 Å². The van der Waals surface area contributed by atoms with Gasteiger partial charge in [-0.05, 0) is 32.4 Å². The number of ether oxygens (including phenoxy) is 1. The molecule has 23 heavy (non-hydrogen) atoms. The Hall–Kier alpha value is -2.29. The summed E-state index contributed by atoms with van der Waals surface area (Å²) in [5.74, 6) is 0. The summed E-state index contributed by atoms with van der Waals surface area (Å²) >= 11 is 0. The fourth-order valence-corrected chi connectivity index (χ4v) is 1.83. The number of amides is 1. The van der Waals surface area contributed by atoms with E-state index in [0.29, 0.717) is 11.3 Å². The molecule has 0 saturated carbocycles. The topological polar surface area (TPSA) is 94.5 Å². The minimum Gasteiger partial charge on any atom is -0.444 e. The van der Waals surface area contributed by atoms with Crippen LogP contribution in [0.3, 0.4) is 0 Å². The lowest BCUT2D eigenvalue weighted by atomic mass is 10.1. The van der Waals surface area contributed by atoms with Crippen LogP contribution >= 0.6 is 0 Å². The van der Waals surface area contributed by atoms with E-state index in [1.54, 1.807) is 27.0 Å². The van der Waals surface area contributed by atoms with Gasteiger partial charge in [-0.25, -0.2) is 23.1 Å². The molecule has 0 radical (unpaired) electrons. The van der Waals surface area contributed by atoms with Gasteiger partial charge in [0, 0.05) is 0 Å². The molecular weight excluding hydrogens is 308 g/mol. The summed E-state index contributed by atoms with van der Waals surface area (Å²) in [5.41, 5.74) is 5.89. The highest BCUT2D eigenvalue weighted by atomic mass is 19.3. The monoisotopic (exact) mass is 327 g/mol. The molecular formula is C14H19F2N5O2. The largest absolute Gasteiger partial charge is 0.444 e. The zero-order valence-corrected chi connectivity index (χ0v) is 13.1. The second kappa shape index (κ2) is 6.45.